The number of phenols is 1. The van der Waals surface area contributed by atoms with Crippen LogP contribution in [0.3, 0.4) is 0 Å². The van der Waals surface area contributed by atoms with Gasteiger partial charge < -0.3 is 14.9 Å². The molecule has 6 rings (SSSR count). The van der Waals surface area contributed by atoms with E-state index in [1.807, 2.05) is 71.4 Å². The van der Waals surface area contributed by atoms with Gasteiger partial charge >= 0.3 is 0 Å². The molecule has 2 aromatic heterocycles. The fourth-order valence-corrected chi connectivity index (χ4v) is 4.29. The molecular formula is C26H20N4O. The molecule has 0 fully saturated rings. The summed E-state index contributed by atoms with van der Waals surface area (Å²) in [4.78, 5) is 9.26. The van der Waals surface area contributed by atoms with Gasteiger partial charge in [0.2, 0.25) is 0 Å². The zero-order chi connectivity index (χ0) is 20.8. The minimum absolute atomic E-state index is 0.247. The Morgan fingerprint density at radius 3 is 2.26 bits per heavy atom. The maximum absolute atomic E-state index is 10.7. The van der Waals surface area contributed by atoms with Crippen LogP contribution in [0.15, 0.2) is 103 Å². The van der Waals surface area contributed by atoms with Gasteiger partial charge in [0.1, 0.15) is 24.1 Å². The Balaban J connectivity index is 1.45. The quantitative estimate of drug-likeness (QED) is 0.423. The molecule has 1 aliphatic rings. The standard InChI is InChI=1S/C26H20N4O/c31-23-13-6-11-21-20-10-4-5-12-22(20)30(26(21)23)25-15-7-14-24(27-25)29-17-16-28(18-29)19-8-2-1-3-9-19/h1-17,31H,18H2. The third-order valence-electron chi connectivity index (χ3n) is 5.74. The largest absolute Gasteiger partial charge is 0.506 e. The first-order chi connectivity index (χ1) is 15.3. The second kappa shape index (κ2) is 6.92. The lowest BCUT2D eigenvalue weighted by Crippen LogP contribution is -2.25. The second-order valence-corrected chi connectivity index (χ2v) is 7.59. The average Bonchev–Trinajstić information content (AvgIpc) is 3.44. The number of fused-ring (bicyclic) bond motifs is 3. The van der Waals surface area contributed by atoms with Crippen molar-refractivity contribution in [1.82, 2.24) is 9.55 Å². The lowest BCUT2D eigenvalue weighted by Gasteiger charge is -2.21. The van der Waals surface area contributed by atoms with Gasteiger partial charge in [-0.25, -0.2) is 4.98 Å². The normalized spacial score (nSPS) is 13.5. The van der Waals surface area contributed by atoms with Crippen molar-refractivity contribution in [2.45, 2.75) is 0 Å². The van der Waals surface area contributed by atoms with E-state index in [9.17, 15) is 5.11 Å². The number of phenolic OH excluding ortho intramolecular Hbond substituents is 1. The first-order valence-electron chi connectivity index (χ1n) is 10.2. The van der Waals surface area contributed by atoms with Gasteiger partial charge in [0.25, 0.3) is 0 Å². The highest BCUT2D eigenvalue weighted by atomic mass is 16.3. The molecule has 5 nitrogen and oxygen atoms in total. The number of anilines is 2. The number of benzene rings is 3. The lowest BCUT2D eigenvalue weighted by atomic mass is 10.1. The topological polar surface area (TPSA) is 44.5 Å². The van der Waals surface area contributed by atoms with Crippen LogP contribution in [0.5, 0.6) is 5.75 Å². The van der Waals surface area contributed by atoms with E-state index in [-0.39, 0.29) is 5.75 Å². The Labute approximate surface area is 179 Å². The van der Waals surface area contributed by atoms with Crippen LogP contribution >= 0.6 is 0 Å². The molecule has 3 aromatic carbocycles. The Morgan fingerprint density at radius 2 is 1.35 bits per heavy atom. The maximum atomic E-state index is 10.7. The molecule has 1 aliphatic heterocycles. The van der Waals surface area contributed by atoms with Crippen molar-refractivity contribution >= 4 is 33.3 Å². The van der Waals surface area contributed by atoms with Crippen LogP contribution in [0.1, 0.15) is 0 Å². The molecule has 0 unspecified atom stereocenters. The zero-order valence-electron chi connectivity index (χ0n) is 16.8. The molecule has 0 spiro atoms. The predicted octanol–water partition coefficient (Wildman–Crippen LogP) is 5.64. The maximum Gasteiger partial charge on any atom is 0.140 e. The van der Waals surface area contributed by atoms with Crippen molar-refractivity contribution in [2.75, 3.05) is 16.5 Å². The van der Waals surface area contributed by atoms with Crippen LogP contribution in [0.25, 0.3) is 27.6 Å². The summed E-state index contributed by atoms with van der Waals surface area (Å²) in [5.41, 5.74) is 2.94. The van der Waals surface area contributed by atoms with Crippen LogP contribution in [0, 0.1) is 0 Å². The number of para-hydroxylation sites is 3. The van der Waals surface area contributed by atoms with Crippen molar-refractivity contribution in [1.29, 1.82) is 0 Å². The minimum atomic E-state index is 0.247. The average molecular weight is 404 g/mol. The van der Waals surface area contributed by atoms with Crippen LogP contribution in [-0.4, -0.2) is 21.3 Å². The molecule has 5 aromatic rings. The van der Waals surface area contributed by atoms with E-state index in [0.717, 1.165) is 39.1 Å². The summed E-state index contributed by atoms with van der Waals surface area (Å²) in [6.45, 7) is 0.693. The Morgan fingerprint density at radius 1 is 0.645 bits per heavy atom. The van der Waals surface area contributed by atoms with E-state index >= 15 is 0 Å². The van der Waals surface area contributed by atoms with Crippen LogP contribution in [0.2, 0.25) is 0 Å². The van der Waals surface area contributed by atoms with Crippen molar-refractivity contribution in [2.24, 2.45) is 0 Å². The molecule has 1 N–H and O–H groups in total. The van der Waals surface area contributed by atoms with Crippen molar-refractivity contribution in [3.8, 4) is 11.6 Å². The van der Waals surface area contributed by atoms with Crippen molar-refractivity contribution in [3.63, 3.8) is 0 Å². The van der Waals surface area contributed by atoms with Crippen molar-refractivity contribution < 1.29 is 5.11 Å². The molecular weight excluding hydrogens is 384 g/mol. The number of nitrogens with zero attached hydrogens (tertiary/aromatic N) is 4. The van der Waals surface area contributed by atoms with Gasteiger partial charge in [0.05, 0.1) is 11.0 Å². The lowest BCUT2D eigenvalue weighted by molar-refractivity contribution is 0.479. The van der Waals surface area contributed by atoms with Gasteiger partial charge in [-0.05, 0) is 36.4 Å². The third kappa shape index (κ3) is 2.82. The fourth-order valence-electron chi connectivity index (χ4n) is 4.29. The number of hydrogen-bond donors (Lipinski definition) is 1. The highest BCUT2D eigenvalue weighted by molar-refractivity contribution is 6.10. The summed E-state index contributed by atoms with van der Waals surface area (Å²) in [6, 6.07) is 30.1. The van der Waals surface area contributed by atoms with Crippen molar-refractivity contribution in [3.05, 3.63) is 103 Å². The molecule has 0 saturated carbocycles. The number of aromatic nitrogens is 2. The van der Waals surface area contributed by atoms with E-state index < -0.39 is 0 Å². The molecule has 150 valence electrons. The second-order valence-electron chi connectivity index (χ2n) is 7.59. The number of pyridine rings is 1. The van der Waals surface area contributed by atoms with E-state index in [1.54, 1.807) is 6.07 Å². The molecule has 31 heavy (non-hydrogen) atoms. The first-order valence-corrected chi connectivity index (χ1v) is 10.2. The van der Waals surface area contributed by atoms with Gasteiger partial charge in [-0.2, -0.15) is 0 Å². The summed E-state index contributed by atoms with van der Waals surface area (Å²) < 4.78 is 2.04. The highest BCUT2D eigenvalue weighted by Crippen LogP contribution is 2.36. The van der Waals surface area contributed by atoms with E-state index in [1.165, 1.54) is 0 Å². The number of rotatable bonds is 3. The molecule has 0 radical (unpaired) electrons. The van der Waals surface area contributed by atoms with E-state index in [4.69, 9.17) is 4.98 Å². The molecule has 0 amide bonds. The zero-order valence-corrected chi connectivity index (χ0v) is 16.8. The van der Waals surface area contributed by atoms with Crippen LogP contribution in [0.4, 0.5) is 11.5 Å². The molecule has 5 heteroatoms. The van der Waals surface area contributed by atoms with Gasteiger partial charge in [-0.15, -0.1) is 0 Å². The highest BCUT2D eigenvalue weighted by Gasteiger charge is 2.19. The van der Waals surface area contributed by atoms with Gasteiger partial charge in [-0.1, -0.05) is 54.6 Å². The Hall–Kier alpha value is -4.25. The fraction of sp³-hybridized carbons (Fsp3) is 0.0385. The monoisotopic (exact) mass is 404 g/mol. The van der Waals surface area contributed by atoms with E-state index in [2.05, 4.69) is 40.3 Å². The molecule has 3 heterocycles. The van der Waals surface area contributed by atoms with Gasteiger partial charge in [0, 0.05) is 28.9 Å². The molecule has 0 saturated heterocycles. The number of hydrogen-bond acceptors (Lipinski definition) is 4. The van der Waals surface area contributed by atoms with Gasteiger partial charge in [-0.3, -0.25) is 4.57 Å². The van der Waals surface area contributed by atoms with Crippen LogP contribution < -0.4 is 9.80 Å². The van der Waals surface area contributed by atoms with Gasteiger partial charge in [0.15, 0.2) is 0 Å². The summed E-state index contributed by atoms with van der Waals surface area (Å²) in [5, 5.41) is 12.8. The summed E-state index contributed by atoms with van der Waals surface area (Å²) >= 11 is 0. The summed E-state index contributed by atoms with van der Waals surface area (Å²) in [6.07, 6.45) is 4.11. The smallest absolute Gasteiger partial charge is 0.140 e. The van der Waals surface area contributed by atoms with E-state index in [0.29, 0.717) is 6.67 Å². The summed E-state index contributed by atoms with van der Waals surface area (Å²) in [7, 11) is 0. The summed E-state index contributed by atoms with van der Waals surface area (Å²) in [5.74, 6) is 1.88. The Kier molecular flexibility index (Phi) is 3.93. The van der Waals surface area contributed by atoms with Crippen LogP contribution in [-0.2, 0) is 0 Å². The number of aromatic hydroxyl groups is 1. The third-order valence-corrected chi connectivity index (χ3v) is 5.74. The minimum Gasteiger partial charge on any atom is -0.506 e. The predicted molar refractivity (Wildman–Crippen MR) is 126 cm³/mol. The Bertz CT molecular complexity index is 1440. The molecule has 0 atom stereocenters. The first kappa shape index (κ1) is 17.6. The molecule has 0 aliphatic carbocycles. The molecule has 0 bridgehead atoms. The SMILES string of the molecule is Oc1cccc2c3ccccc3n(-c3cccc(N4C=CN(c5ccccc5)C4)n3)c12.